The second-order valence-corrected chi connectivity index (χ2v) is 3.23. The first-order valence-electron chi connectivity index (χ1n) is 3.86. The van der Waals surface area contributed by atoms with E-state index >= 15 is 0 Å². The van der Waals surface area contributed by atoms with Crippen LogP contribution >= 0.6 is 11.6 Å². The molecular formula is C7H9ClO4. The molecule has 0 aromatic carbocycles. The van der Waals surface area contributed by atoms with Gasteiger partial charge in [0.2, 0.25) is 0 Å². The van der Waals surface area contributed by atoms with Crippen LogP contribution in [0.1, 0.15) is 6.42 Å². The Hall–Kier alpha value is -0.320. The first-order valence-corrected chi connectivity index (χ1v) is 4.24. The molecule has 0 spiro atoms. The van der Waals surface area contributed by atoms with Gasteiger partial charge in [0, 0.05) is 11.6 Å². The zero-order valence-corrected chi connectivity index (χ0v) is 7.12. The minimum Gasteiger partial charge on any atom is -0.447 e. The maximum atomic E-state index is 10.4. The lowest BCUT2D eigenvalue weighted by atomic mass is 10.0. The summed E-state index contributed by atoms with van der Waals surface area (Å²) in [5, 5.41) is 0. The number of hydrogen-bond donors (Lipinski definition) is 0. The van der Waals surface area contributed by atoms with E-state index in [-0.39, 0.29) is 18.3 Å². The van der Waals surface area contributed by atoms with Gasteiger partial charge in [-0.25, -0.2) is 4.79 Å². The summed E-state index contributed by atoms with van der Waals surface area (Å²) in [6.07, 6.45) is 0.466. The highest BCUT2D eigenvalue weighted by atomic mass is 35.5. The van der Waals surface area contributed by atoms with Crippen LogP contribution in [0.25, 0.3) is 0 Å². The predicted octanol–water partition coefficient (Wildman–Crippen LogP) is 1.12. The molecule has 2 saturated heterocycles. The van der Waals surface area contributed by atoms with E-state index in [1.165, 1.54) is 0 Å². The molecule has 2 rings (SSSR count). The summed E-state index contributed by atoms with van der Waals surface area (Å²) in [7, 11) is 0. The second-order valence-electron chi connectivity index (χ2n) is 2.92. The number of ether oxygens (including phenoxy) is 3. The molecule has 12 heavy (non-hydrogen) atoms. The van der Waals surface area contributed by atoms with E-state index in [9.17, 15) is 4.79 Å². The number of hydrogen-bond acceptors (Lipinski definition) is 4. The molecule has 0 aliphatic carbocycles. The lowest BCUT2D eigenvalue weighted by Gasteiger charge is -2.12. The van der Waals surface area contributed by atoms with Crippen molar-refractivity contribution in [3.63, 3.8) is 0 Å². The number of carbonyl (C=O) groups excluding carboxylic acids is 1. The van der Waals surface area contributed by atoms with E-state index in [1.54, 1.807) is 0 Å². The minimum atomic E-state index is -0.767. The first kappa shape index (κ1) is 8.29. The van der Waals surface area contributed by atoms with E-state index in [4.69, 9.17) is 25.8 Å². The Morgan fingerprint density at radius 3 is 3.08 bits per heavy atom. The smallest absolute Gasteiger partial charge is 0.404 e. The van der Waals surface area contributed by atoms with Crippen molar-refractivity contribution in [1.29, 1.82) is 0 Å². The van der Waals surface area contributed by atoms with Gasteiger partial charge in [-0.3, -0.25) is 0 Å². The van der Waals surface area contributed by atoms with Crippen molar-refractivity contribution in [1.82, 2.24) is 0 Å². The monoisotopic (exact) mass is 192 g/mol. The molecule has 0 unspecified atom stereocenters. The Balaban J connectivity index is 1.95. The van der Waals surface area contributed by atoms with Gasteiger partial charge in [0.1, 0.15) is 6.10 Å². The van der Waals surface area contributed by atoms with Crippen molar-refractivity contribution in [2.24, 2.45) is 5.92 Å². The normalized spacial score (nSPS) is 39.6. The molecule has 2 heterocycles. The molecule has 0 N–H and O–H groups in total. The third-order valence-electron chi connectivity index (χ3n) is 2.23. The summed E-state index contributed by atoms with van der Waals surface area (Å²) in [5.74, 6) is 0.174. The van der Waals surface area contributed by atoms with Gasteiger partial charge in [0.25, 0.3) is 0 Å². The van der Waals surface area contributed by atoms with Crippen molar-refractivity contribution in [3.05, 3.63) is 0 Å². The van der Waals surface area contributed by atoms with E-state index in [1.807, 2.05) is 0 Å². The summed E-state index contributed by atoms with van der Waals surface area (Å²) in [4.78, 5) is 10.4. The van der Waals surface area contributed by atoms with Crippen molar-refractivity contribution in [2.45, 2.75) is 18.8 Å². The van der Waals surface area contributed by atoms with Crippen LogP contribution in [0.2, 0.25) is 0 Å². The molecule has 0 bridgehead atoms. The van der Waals surface area contributed by atoms with Gasteiger partial charge < -0.3 is 14.2 Å². The molecule has 68 valence electrons. The van der Waals surface area contributed by atoms with Crippen LogP contribution < -0.4 is 0 Å². The molecule has 0 saturated carbocycles. The summed E-state index contributed by atoms with van der Waals surface area (Å²) in [6.45, 7) is 1.07. The molecule has 5 heteroatoms. The zero-order valence-electron chi connectivity index (χ0n) is 6.36. The molecule has 2 aliphatic heterocycles. The summed E-state index contributed by atoms with van der Waals surface area (Å²) < 4.78 is 15.3. The van der Waals surface area contributed by atoms with E-state index in [2.05, 4.69) is 0 Å². The molecule has 0 aromatic rings. The fraction of sp³-hybridized carbons (Fsp3) is 0.857. The SMILES string of the molecule is O=C(Cl)O[C@H]1CO[C@H]2OCC[C@H]21. The van der Waals surface area contributed by atoms with Crippen molar-refractivity contribution in [2.75, 3.05) is 13.2 Å². The maximum Gasteiger partial charge on any atom is 0.404 e. The van der Waals surface area contributed by atoms with E-state index < -0.39 is 5.43 Å². The van der Waals surface area contributed by atoms with Gasteiger partial charge in [0.15, 0.2) is 6.29 Å². The lowest BCUT2D eigenvalue weighted by molar-refractivity contribution is -0.0907. The van der Waals surface area contributed by atoms with Gasteiger partial charge in [-0.05, 0) is 6.42 Å². The lowest BCUT2D eigenvalue weighted by Crippen LogP contribution is -2.24. The molecule has 0 radical (unpaired) electrons. The third-order valence-corrected chi connectivity index (χ3v) is 2.32. The van der Waals surface area contributed by atoms with Gasteiger partial charge in [-0.2, -0.15) is 0 Å². The van der Waals surface area contributed by atoms with Crippen molar-refractivity contribution < 1.29 is 19.0 Å². The average molecular weight is 193 g/mol. The molecule has 0 amide bonds. The molecule has 2 aliphatic rings. The summed E-state index contributed by atoms with van der Waals surface area (Å²) in [5.41, 5.74) is -0.767. The largest absolute Gasteiger partial charge is 0.447 e. The molecule has 4 nitrogen and oxygen atoms in total. The minimum absolute atomic E-state index is 0.174. The number of fused-ring (bicyclic) bond motifs is 1. The van der Waals surface area contributed by atoms with Gasteiger partial charge in [-0.1, -0.05) is 0 Å². The quantitative estimate of drug-likeness (QED) is 0.584. The van der Waals surface area contributed by atoms with Crippen molar-refractivity contribution in [3.8, 4) is 0 Å². The van der Waals surface area contributed by atoms with Gasteiger partial charge in [-0.15, -0.1) is 0 Å². The Bertz CT molecular complexity index is 196. The van der Waals surface area contributed by atoms with Crippen LogP contribution in [0.15, 0.2) is 0 Å². The third kappa shape index (κ3) is 1.42. The van der Waals surface area contributed by atoms with Crippen LogP contribution in [-0.2, 0) is 14.2 Å². The number of rotatable bonds is 1. The highest BCUT2D eigenvalue weighted by Gasteiger charge is 2.43. The fourth-order valence-electron chi connectivity index (χ4n) is 1.67. The topological polar surface area (TPSA) is 44.8 Å². The fourth-order valence-corrected chi connectivity index (χ4v) is 1.78. The maximum absolute atomic E-state index is 10.4. The highest BCUT2D eigenvalue weighted by molar-refractivity contribution is 6.61. The Morgan fingerprint density at radius 1 is 1.50 bits per heavy atom. The molecular weight excluding hydrogens is 184 g/mol. The standard InChI is InChI=1S/C7H9ClO4/c8-7(9)12-5-3-11-6-4(5)1-2-10-6/h4-6H,1-3H2/t4-,5-,6+/m0/s1. The Kier molecular flexibility index (Phi) is 2.21. The molecule has 2 fully saturated rings. The predicted molar refractivity (Wildman–Crippen MR) is 39.9 cm³/mol. The van der Waals surface area contributed by atoms with Crippen LogP contribution in [-0.4, -0.2) is 31.0 Å². The molecule has 3 atom stereocenters. The van der Waals surface area contributed by atoms with E-state index in [0.29, 0.717) is 13.2 Å². The van der Waals surface area contributed by atoms with Crippen LogP contribution in [0.4, 0.5) is 4.79 Å². The van der Waals surface area contributed by atoms with Crippen LogP contribution in [0.5, 0.6) is 0 Å². The van der Waals surface area contributed by atoms with Gasteiger partial charge in [0.05, 0.1) is 19.1 Å². The first-order chi connectivity index (χ1) is 5.77. The molecule has 0 aromatic heterocycles. The number of carbonyl (C=O) groups is 1. The Labute approximate surface area is 74.7 Å². The van der Waals surface area contributed by atoms with E-state index in [0.717, 1.165) is 6.42 Å². The average Bonchev–Trinajstić information content (AvgIpc) is 2.52. The summed E-state index contributed by atoms with van der Waals surface area (Å²) >= 11 is 5.09. The van der Waals surface area contributed by atoms with Crippen LogP contribution in [0.3, 0.4) is 0 Å². The zero-order chi connectivity index (χ0) is 8.55. The highest BCUT2D eigenvalue weighted by Crippen LogP contribution is 2.33. The summed E-state index contributed by atoms with van der Waals surface area (Å²) in [6, 6.07) is 0. The van der Waals surface area contributed by atoms with Crippen molar-refractivity contribution >= 4 is 17.0 Å². The van der Waals surface area contributed by atoms with Crippen LogP contribution in [0, 0.1) is 5.92 Å². The van der Waals surface area contributed by atoms with Gasteiger partial charge >= 0.3 is 5.43 Å². The second kappa shape index (κ2) is 3.20. The number of halogens is 1. The Morgan fingerprint density at radius 2 is 2.33 bits per heavy atom.